The number of aryl methyl sites for hydroxylation is 1. The minimum absolute atomic E-state index is 0.0655. The van der Waals surface area contributed by atoms with E-state index in [-0.39, 0.29) is 18.7 Å². The maximum atomic E-state index is 12.1. The highest BCUT2D eigenvalue weighted by Crippen LogP contribution is 2.22. The van der Waals surface area contributed by atoms with Gasteiger partial charge in [0.2, 0.25) is 0 Å². The van der Waals surface area contributed by atoms with Gasteiger partial charge < -0.3 is 9.64 Å². The van der Waals surface area contributed by atoms with Gasteiger partial charge in [-0.1, -0.05) is 17.7 Å². The Morgan fingerprint density at radius 3 is 2.45 bits per heavy atom. The summed E-state index contributed by atoms with van der Waals surface area (Å²) in [6.45, 7) is 8.38. The Bertz CT molecular complexity index is 550. The first-order valence-electron chi connectivity index (χ1n) is 7.37. The Morgan fingerprint density at radius 2 is 1.95 bits per heavy atom. The van der Waals surface area contributed by atoms with Crippen LogP contribution in [-0.2, 0) is 20.0 Å². The fraction of sp³-hybridized carbons (Fsp3) is 0.562. The van der Waals surface area contributed by atoms with Crippen molar-refractivity contribution in [3.63, 3.8) is 0 Å². The molecule has 2 unspecified atom stereocenters. The number of hydrogen-bond acceptors (Lipinski definition) is 4. The highest BCUT2D eigenvalue weighted by molar-refractivity contribution is 7.80. The van der Waals surface area contributed by atoms with E-state index in [1.807, 2.05) is 39.8 Å². The molecule has 1 aliphatic heterocycles. The summed E-state index contributed by atoms with van der Waals surface area (Å²) in [7, 11) is 0. The molecule has 1 amide bonds. The van der Waals surface area contributed by atoms with Gasteiger partial charge in [0.15, 0.2) is 11.1 Å². The molecule has 5 nitrogen and oxygen atoms in total. The van der Waals surface area contributed by atoms with Crippen molar-refractivity contribution in [2.45, 2.75) is 50.7 Å². The van der Waals surface area contributed by atoms with Gasteiger partial charge in [0.1, 0.15) is 5.60 Å². The summed E-state index contributed by atoms with van der Waals surface area (Å²) in [6, 6.07) is 7.31. The topological polar surface area (TPSA) is 55.8 Å². The van der Waals surface area contributed by atoms with E-state index in [1.165, 1.54) is 0 Å². The van der Waals surface area contributed by atoms with Crippen LogP contribution in [-0.4, -0.2) is 40.0 Å². The van der Waals surface area contributed by atoms with Gasteiger partial charge in [-0.25, -0.2) is 9.00 Å². The molecule has 1 heterocycles. The lowest BCUT2D eigenvalue weighted by atomic mass is 10.1. The highest BCUT2D eigenvalue weighted by atomic mass is 32.2. The molecule has 1 aliphatic rings. The number of rotatable bonds is 4. The lowest BCUT2D eigenvalue weighted by Gasteiger charge is -2.40. The molecular formula is C16H23NO4S. The van der Waals surface area contributed by atoms with Gasteiger partial charge in [-0.05, 0) is 46.2 Å². The molecule has 6 heteroatoms. The van der Waals surface area contributed by atoms with E-state index in [0.29, 0.717) is 11.4 Å². The number of carbonyl (C=O) groups excluding carboxylic acids is 1. The Morgan fingerprint density at radius 1 is 1.32 bits per heavy atom. The summed E-state index contributed by atoms with van der Waals surface area (Å²) < 4.78 is 22.8. The highest BCUT2D eigenvalue weighted by Gasteiger charge is 2.35. The molecule has 2 atom stereocenters. The van der Waals surface area contributed by atoms with Gasteiger partial charge in [-0.2, -0.15) is 0 Å². The van der Waals surface area contributed by atoms with Crippen LogP contribution in [0.2, 0.25) is 0 Å². The third-order valence-corrected chi connectivity index (χ3v) is 4.36. The monoisotopic (exact) mass is 325 g/mol. The van der Waals surface area contributed by atoms with Crippen molar-refractivity contribution in [1.82, 2.24) is 4.90 Å². The predicted octanol–water partition coefficient (Wildman–Crippen LogP) is 3.04. The number of likely N-dealkylation sites (tertiary alicyclic amines) is 1. The second-order valence-electron chi connectivity index (χ2n) is 6.45. The molecule has 0 bridgehead atoms. The molecule has 122 valence electrons. The van der Waals surface area contributed by atoms with Gasteiger partial charge >= 0.3 is 6.09 Å². The van der Waals surface area contributed by atoms with Crippen LogP contribution in [0.15, 0.2) is 29.2 Å². The minimum atomic E-state index is -1.51. The fourth-order valence-electron chi connectivity index (χ4n) is 2.03. The van der Waals surface area contributed by atoms with Gasteiger partial charge in [-0.3, -0.25) is 4.18 Å². The molecule has 1 aromatic carbocycles. The first kappa shape index (κ1) is 17.0. The van der Waals surface area contributed by atoms with Crippen molar-refractivity contribution in [3.05, 3.63) is 29.8 Å². The number of carbonyl (C=O) groups is 1. The normalized spacial score (nSPS) is 19.5. The first-order valence-corrected chi connectivity index (χ1v) is 8.45. The predicted molar refractivity (Wildman–Crippen MR) is 84.9 cm³/mol. The average molecular weight is 325 g/mol. The Kier molecular flexibility index (Phi) is 5.24. The number of nitrogens with zero attached hydrogens (tertiary/aromatic N) is 1. The SMILES string of the molecule is Cc1ccc(S(=O)OCC2CCN2C(=O)OC(C)(C)C)cc1. The molecule has 0 spiro atoms. The summed E-state index contributed by atoms with van der Waals surface area (Å²) in [6.07, 6.45) is 0.498. The lowest BCUT2D eigenvalue weighted by Crippen LogP contribution is -2.54. The Labute approximate surface area is 134 Å². The molecule has 1 saturated heterocycles. The van der Waals surface area contributed by atoms with Gasteiger partial charge in [0.25, 0.3) is 0 Å². The molecule has 2 rings (SSSR count). The van der Waals surface area contributed by atoms with Crippen LogP contribution in [0.5, 0.6) is 0 Å². The van der Waals surface area contributed by atoms with Crippen LogP contribution in [0, 0.1) is 6.92 Å². The molecule has 0 saturated carbocycles. The second-order valence-corrected chi connectivity index (χ2v) is 7.63. The average Bonchev–Trinajstić information content (AvgIpc) is 2.35. The van der Waals surface area contributed by atoms with Crippen molar-refractivity contribution in [2.75, 3.05) is 13.2 Å². The van der Waals surface area contributed by atoms with Crippen LogP contribution in [0.4, 0.5) is 4.79 Å². The van der Waals surface area contributed by atoms with E-state index >= 15 is 0 Å². The lowest BCUT2D eigenvalue weighted by molar-refractivity contribution is -0.0132. The summed E-state index contributed by atoms with van der Waals surface area (Å²) >= 11 is -1.51. The van der Waals surface area contributed by atoms with Gasteiger partial charge in [0.05, 0.1) is 17.5 Å². The Hall–Kier alpha value is -1.40. The van der Waals surface area contributed by atoms with Crippen LogP contribution < -0.4 is 0 Å². The molecule has 22 heavy (non-hydrogen) atoms. The smallest absolute Gasteiger partial charge is 0.410 e. The van der Waals surface area contributed by atoms with E-state index < -0.39 is 16.7 Å². The summed E-state index contributed by atoms with van der Waals surface area (Å²) in [5.41, 5.74) is 0.596. The Balaban J connectivity index is 1.83. The van der Waals surface area contributed by atoms with E-state index in [1.54, 1.807) is 17.0 Å². The van der Waals surface area contributed by atoms with Crippen LogP contribution in [0.3, 0.4) is 0 Å². The number of hydrogen-bond donors (Lipinski definition) is 0. The van der Waals surface area contributed by atoms with Crippen LogP contribution in [0.25, 0.3) is 0 Å². The molecular weight excluding hydrogens is 302 g/mol. The molecule has 1 fully saturated rings. The minimum Gasteiger partial charge on any atom is -0.444 e. The largest absolute Gasteiger partial charge is 0.444 e. The zero-order valence-electron chi connectivity index (χ0n) is 13.5. The molecule has 0 N–H and O–H groups in total. The second kappa shape index (κ2) is 6.79. The number of amides is 1. The van der Waals surface area contributed by atoms with Gasteiger partial charge in [0, 0.05) is 6.54 Å². The van der Waals surface area contributed by atoms with Gasteiger partial charge in [-0.15, -0.1) is 0 Å². The van der Waals surface area contributed by atoms with Crippen molar-refractivity contribution in [3.8, 4) is 0 Å². The molecule has 0 radical (unpaired) electrons. The standard InChI is InChI=1S/C16H23NO4S/c1-12-5-7-14(8-6-12)22(19)20-11-13-9-10-17(13)15(18)21-16(2,3)4/h5-8,13H,9-11H2,1-4H3. The summed E-state index contributed by atoms with van der Waals surface area (Å²) in [5.74, 6) is 0. The van der Waals surface area contributed by atoms with Crippen LogP contribution >= 0.6 is 0 Å². The zero-order chi connectivity index (χ0) is 16.3. The summed E-state index contributed by atoms with van der Waals surface area (Å²) in [5, 5.41) is 0. The first-order chi connectivity index (χ1) is 10.3. The van der Waals surface area contributed by atoms with Crippen molar-refractivity contribution in [2.24, 2.45) is 0 Å². The number of ether oxygens (including phenoxy) is 1. The number of benzene rings is 1. The fourth-order valence-corrected chi connectivity index (χ4v) is 2.81. The maximum absolute atomic E-state index is 12.1. The molecule has 0 aromatic heterocycles. The van der Waals surface area contributed by atoms with Crippen molar-refractivity contribution < 1.29 is 17.9 Å². The third kappa shape index (κ3) is 4.55. The summed E-state index contributed by atoms with van der Waals surface area (Å²) in [4.78, 5) is 14.2. The van der Waals surface area contributed by atoms with Crippen molar-refractivity contribution in [1.29, 1.82) is 0 Å². The third-order valence-electron chi connectivity index (χ3n) is 3.35. The van der Waals surface area contributed by atoms with Crippen LogP contribution in [0.1, 0.15) is 32.8 Å². The van der Waals surface area contributed by atoms with E-state index in [9.17, 15) is 9.00 Å². The zero-order valence-corrected chi connectivity index (χ0v) is 14.3. The van der Waals surface area contributed by atoms with E-state index in [4.69, 9.17) is 8.92 Å². The van der Waals surface area contributed by atoms with E-state index in [2.05, 4.69) is 0 Å². The quantitative estimate of drug-likeness (QED) is 0.854. The molecule has 0 aliphatic carbocycles. The maximum Gasteiger partial charge on any atom is 0.410 e. The van der Waals surface area contributed by atoms with E-state index in [0.717, 1.165) is 12.0 Å². The molecule has 1 aromatic rings. The van der Waals surface area contributed by atoms with Crippen molar-refractivity contribution >= 4 is 17.2 Å².